The molecule has 0 N–H and O–H groups in total. The van der Waals surface area contributed by atoms with Gasteiger partial charge in [-0.15, -0.1) is 0 Å². The maximum atomic E-state index is 6.00. The molecule has 7 heteroatoms. The van der Waals surface area contributed by atoms with Gasteiger partial charge in [0.2, 0.25) is 17.2 Å². The number of aromatic nitrogens is 5. The summed E-state index contributed by atoms with van der Waals surface area (Å²) in [4.78, 5) is 19.0. The van der Waals surface area contributed by atoms with Crippen molar-refractivity contribution in [3.05, 3.63) is 24.0 Å². The average Bonchev–Trinajstić information content (AvgIpc) is 3.00. The Kier molecular flexibility index (Phi) is 3.10. The molecule has 19 heavy (non-hydrogen) atoms. The molecule has 0 amide bonds. The Labute approximate surface area is 116 Å². The summed E-state index contributed by atoms with van der Waals surface area (Å²) >= 11 is 6.00. The second kappa shape index (κ2) is 4.77. The fourth-order valence-corrected chi connectivity index (χ4v) is 2.41. The zero-order chi connectivity index (χ0) is 13.4. The van der Waals surface area contributed by atoms with Crippen LogP contribution in [0.2, 0.25) is 5.28 Å². The van der Waals surface area contributed by atoms with E-state index in [2.05, 4.69) is 38.7 Å². The number of nitrogens with zero attached hydrogens (tertiary/aromatic N) is 6. The van der Waals surface area contributed by atoms with E-state index in [-0.39, 0.29) is 5.28 Å². The quantitative estimate of drug-likeness (QED) is 0.838. The Bertz CT molecular complexity index is 560. The third kappa shape index (κ3) is 2.40. The van der Waals surface area contributed by atoms with Crippen LogP contribution in [0, 0.1) is 11.8 Å². The van der Waals surface area contributed by atoms with Gasteiger partial charge in [0.25, 0.3) is 0 Å². The van der Waals surface area contributed by atoms with Crippen LogP contribution in [-0.4, -0.2) is 37.6 Å². The van der Waals surface area contributed by atoms with Gasteiger partial charge in [-0.05, 0) is 23.4 Å². The van der Waals surface area contributed by atoms with Gasteiger partial charge >= 0.3 is 0 Å². The molecule has 6 nitrogen and oxygen atoms in total. The fraction of sp³-hybridized carbons (Fsp3) is 0.500. The Morgan fingerprint density at radius 3 is 2.42 bits per heavy atom. The highest BCUT2D eigenvalue weighted by atomic mass is 35.5. The van der Waals surface area contributed by atoms with Crippen LogP contribution in [0.15, 0.2) is 18.7 Å². The Morgan fingerprint density at radius 2 is 1.79 bits per heavy atom. The summed E-state index contributed by atoms with van der Waals surface area (Å²) in [6, 6.07) is 0. The van der Waals surface area contributed by atoms with Crippen LogP contribution < -0.4 is 4.90 Å². The normalized spacial score (nSPS) is 23.0. The third-order valence-electron chi connectivity index (χ3n) is 3.59. The molecule has 2 unspecified atom stereocenters. The van der Waals surface area contributed by atoms with Gasteiger partial charge in [-0.3, -0.25) is 4.57 Å². The predicted octanol–water partition coefficient (Wildman–Crippen LogP) is 1.80. The Morgan fingerprint density at radius 1 is 1.11 bits per heavy atom. The minimum absolute atomic E-state index is 0.209. The maximum absolute atomic E-state index is 6.00. The van der Waals surface area contributed by atoms with Crippen LogP contribution in [0.4, 0.5) is 5.95 Å². The molecule has 1 aliphatic rings. The van der Waals surface area contributed by atoms with Crippen LogP contribution in [0.25, 0.3) is 5.95 Å². The van der Waals surface area contributed by atoms with Crippen molar-refractivity contribution in [3.8, 4) is 5.95 Å². The Balaban J connectivity index is 1.95. The molecule has 2 atom stereocenters. The van der Waals surface area contributed by atoms with E-state index in [9.17, 15) is 0 Å². The lowest BCUT2D eigenvalue weighted by Gasteiger charge is -2.16. The average molecular weight is 279 g/mol. The summed E-state index contributed by atoms with van der Waals surface area (Å²) in [6.07, 6.45) is 5.10. The van der Waals surface area contributed by atoms with E-state index in [4.69, 9.17) is 11.6 Å². The van der Waals surface area contributed by atoms with E-state index in [1.807, 2.05) is 0 Å². The highest BCUT2D eigenvalue weighted by molar-refractivity contribution is 6.28. The summed E-state index contributed by atoms with van der Waals surface area (Å²) < 4.78 is 1.72. The highest BCUT2D eigenvalue weighted by Gasteiger charge is 2.28. The highest BCUT2D eigenvalue weighted by Crippen LogP contribution is 2.26. The van der Waals surface area contributed by atoms with E-state index < -0.39 is 0 Å². The molecule has 1 aliphatic heterocycles. The third-order valence-corrected chi connectivity index (χ3v) is 3.76. The molecule has 0 aromatic carbocycles. The summed E-state index contributed by atoms with van der Waals surface area (Å²) in [7, 11) is 0. The molecule has 3 heterocycles. The number of hydrogen-bond acceptors (Lipinski definition) is 5. The van der Waals surface area contributed by atoms with Gasteiger partial charge in [0.15, 0.2) is 0 Å². The molecule has 2 aromatic rings. The van der Waals surface area contributed by atoms with Crippen molar-refractivity contribution in [1.29, 1.82) is 0 Å². The van der Waals surface area contributed by atoms with Crippen LogP contribution in [0.3, 0.4) is 0 Å². The van der Waals surface area contributed by atoms with E-state index in [0.717, 1.165) is 13.1 Å². The van der Waals surface area contributed by atoms with E-state index >= 15 is 0 Å². The molecule has 1 fully saturated rings. The van der Waals surface area contributed by atoms with Gasteiger partial charge in [0.05, 0.1) is 0 Å². The largest absolute Gasteiger partial charge is 0.340 e. The minimum Gasteiger partial charge on any atom is -0.340 e. The van der Waals surface area contributed by atoms with Crippen LogP contribution in [-0.2, 0) is 0 Å². The monoisotopic (exact) mass is 278 g/mol. The smallest absolute Gasteiger partial charge is 0.241 e. The molecule has 3 rings (SSSR count). The topological polar surface area (TPSA) is 59.7 Å². The van der Waals surface area contributed by atoms with Crippen LogP contribution in [0.5, 0.6) is 0 Å². The molecule has 100 valence electrons. The van der Waals surface area contributed by atoms with Crippen molar-refractivity contribution in [3.63, 3.8) is 0 Å². The van der Waals surface area contributed by atoms with Crippen molar-refractivity contribution in [1.82, 2.24) is 24.5 Å². The van der Waals surface area contributed by atoms with Gasteiger partial charge in [-0.25, -0.2) is 4.98 Å². The Hall–Kier alpha value is -1.69. The van der Waals surface area contributed by atoms with Crippen LogP contribution in [0.1, 0.15) is 13.8 Å². The van der Waals surface area contributed by atoms with Crippen molar-refractivity contribution in [2.75, 3.05) is 18.0 Å². The lowest BCUT2D eigenvalue weighted by molar-refractivity contribution is 0.494. The number of hydrogen-bond donors (Lipinski definition) is 0. The van der Waals surface area contributed by atoms with Crippen molar-refractivity contribution in [2.45, 2.75) is 13.8 Å². The molecular weight excluding hydrogens is 264 g/mol. The lowest BCUT2D eigenvalue weighted by atomic mass is 10.0. The van der Waals surface area contributed by atoms with Gasteiger partial charge in [-0.2, -0.15) is 15.0 Å². The molecule has 0 saturated carbocycles. The fourth-order valence-electron chi connectivity index (χ4n) is 2.26. The van der Waals surface area contributed by atoms with Gasteiger partial charge < -0.3 is 4.90 Å². The molecule has 0 bridgehead atoms. The predicted molar refractivity (Wildman–Crippen MR) is 72.5 cm³/mol. The number of rotatable bonds is 2. The summed E-state index contributed by atoms with van der Waals surface area (Å²) in [5.74, 6) is 2.40. The molecule has 0 aliphatic carbocycles. The second-order valence-electron chi connectivity index (χ2n) is 5.03. The first-order chi connectivity index (χ1) is 9.13. The van der Waals surface area contributed by atoms with Crippen molar-refractivity contribution in [2.24, 2.45) is 11.8 Å². The first-order valence-electron chi connectivity index (χ1n) is 6.28. The number of imidazole rings is 1. The van der Waals surface area contributed by atoms with Crippen LogP contribution >= 0.6 is 11.6 Å². The van der Waals surface area contributed by atoms with Gasteiger partial charge in [-0.1, -0.05) is 13.8 Å². The molecule has 2 aromatic heterocycles. The summed E-state index contributed by atoms with van der Waals surface area (Å²) in [5, 5.41) is 0.209. The van der Waals surface area contributed by atoms with E-state index in [1.54, 1.807) is 23.3 Å². The van der Waals surface area contributed by atoms with Crippen molar-refractivity contribution < 1.29 is 0 Å². The zero-order valence-corrected chi connectivity index (χ0v) is 11.6. The summed E-state index contributed by atoms with van der Waals surface area (Å²) in [5.41, 5.74) is 0. The van der Waals surface area contributed by atoms with E-state index in [1.165, 1.54) is 0 Å². The lowest BCUT2D eigenvalue weighted by Crippen LogP contribution is -2.23. The molecule has 0 spiro atoms. The van der Waals surface area contributed by atoms with Gasteiger partial charge in [0.1, 0.15) is 6.33 Å². The maximum Gasteiger partial charge on any atom is 0.241 e. The second-order valence-corrected chi connectivity index (χ2v) is 5.37. The zero-order valence-electron chi connectivity index (χ0n) is 10.9. The standard InChI is InChI=1S/C12H15ClN6/c1-8-5-19(6-9(8)2)12-16-10(13)15-11(17-12)18-4-3-14-7-18/h3-4,7-9H,5-6H2,1-2H3. The molecular formula is C12H15ClN6. The first kappa shape index (κ1) is 12.3. The van der Waals surface area contributed by atoms with Gasteiger partial charge in [0, 0.05) is 25.5 Å². The number of anilines is 1. The molecule has 1 saturated heterocycles. The SMILES string of the molecule is CC1CN(c2nc(Cl)nc(-n3ccnc3)n2)CC1C. The van der Waals surface area contributed by atoms with E-state index in [0.29, 0.717) is 23.7 Å². The van der Waals surface area contributed by atoms with Crippen molar-refractivity contribution >= 4 is 17.5 Å². The minimum atomic E-state index is 0.209. The number of halogens is 1. The molecule has 0 radical (unpaired) electrons. The first-order valence-corrected chi connectivity index (χ1v) is 6.66. The summed E-state index contributed by atoms with van der Waals surface area (Å²) in [6.45, 7) is 6.38.